The molecule has 0 spiro atoms. The minimum Gasteiger partial charge on any atom is -0.334 e. The Bertz CT molecular complexity index is 324. The molecule has 1 N–H and O–H groups in total. The first-order chi connectivity index (χ1) is 7.43. The highest BCUT2D eigenvalue weighted by Gasteiger charge is 2.39. The van der Waals surface area contributed by atoms with E-state index in [0.29, 0.717) is 6.54 Å². The number of imidazole rings is 1. The zero-order valence-electron chi connectivity index (χ0n) is 8.76. The SMILES string of the molecule is Cc1nccn1CCNCC(F)(F)C(F)F. The molecule has 1 heterocycles. The van der Waals surface area contributed by atoms with E-state index in [4.69, 9.17) is 0 Å². The summed E-state index contributed by atoms with van der Waals surface area (Å²) in [5.41, 5.74) is 0. The van der Waals surface area contributed by atoms with Gasteiger partial charge in [-0.15, -0.1) is 0 Å². The zero-order chi connectivity index (χ0) is 12.2. The maximum absolute atomic E-state index is 12.5. The molecule has 1 aromatic heterocycles. The maximum Gasteiger partial charge on any atom is 0.319 e. The number of hydrogen-bond acceptors (Lipinski definition) is 2. The first kappa shape index (κ1) is 13.0. The van der Waals surface area contributed by atoms with Crippen molar-refractivity contribution in [3.8, 4) is 0 Å². The molecule has 1 rings (SSSR count). The van der Waals surface area contributed by atoms with E-state index in [1.807, 2.05) is 0 Å². The predicted molar refractivity (Wildman–Crippen MR) is 50.8 cm³/mol. The lowest BCUT2D eigenvalue weighted by molar-refractivity contribution is -0.125. The molecule has 0 bridgehead atoms. The van der Waals surface area contributed by atoms with Gasteiger partial charge in [-0.1, -0.05) is 0 Å². The Balaban J connectivity index is 2.25. The third kappa shape index (κ3) is 3.48. The fraction of sp³-hybridized carbons (Fsp3) is 0.667. The Kier molecular flexibility index (Phi) is 4.28. The Morgan fingerprint density at radius 2 is 2.19 bits per heavy atom. The van der Waals surface area contributed by atoms with E-state index in [-0.39, 0.29) is 6.54 Å². The zero-order valence-corrected chi connectivity index (χ0v) is 8.76. The molecule has 0 radical (unpaired) electrons. The Morgan fingerprint density at radius 1 is 1.50 bits per heavy atom. The lowest BCUT2D eigenvalue weighted by atomic mass is 10.3. The molecule has 16 heavy (non-hydrogen) atoms. The fourth-order valence-corrected chi connectivity index (χ4v) is 1.17. The summed E-state index contributed by atoms with van der Waals surface area (Å²) >= 11 is 0. The van der Waals surface area contributed by atoms with Crippen LogP contribution in [0, 0.1) is 6.92 Å². The van der Waals surface area contributed by atoms with Crippen molar-refractivity contribution >= 4 is 0 Å². The maximum atomic E-state index is 12.5. The second-order valence-corrected chi connectivity index (χ2v) is 3.41. The monoisotopic (exact) mass is 239 g/mol. The van der Waals surface area contributed by atoms with Crippen LogP contribution in [0.2, 0.25) is 0 Å². The lowest BCUT2D eigenvalue weighted by Gasteiger charge is -2.15. The minimum atomic E-state index is -3.97. The number of alkyl halides is 4. The van der Waals surface area contributed by atoms with Crippen molar-refractivity contribution in [2.45, 2.75) is 25.8 Å². The molecule has 0 saturated heterocycles. The van der Waals surface area contributed by atoms with Gasteiger partial charge in [0.1, 0.15) is 5.82 Å². The highest BCUT2D eigenvalue weighted by molar-refractivity contribution is 4.88. The van der Waals surface area contributed by atoms with Crippen LogP contribution in [-0.2, 0) is 6.54 Å². The van der Waals surface area contributed by atoms with Crippen LogP contribution in [0.25, 0.3) is 0 Å². The van der Waals surface area contributed by atoms with Gasteiger partial charge >= 0.3 is 12.3 Å². The van der Waals surface area contributed by atoms with E-state index >= 15 is 0 Å². The molecular weight excluding hydrogens is 226 g/mol. The fourth-order valence-electron chi connectivity index (χ4n) is 1.17. The van der Waals surface area contributed by atoms with Crippen molar-refractivity contribution in [1.29, 1.82) is 0 Å². The number of rotatable bonds is 6. The van der Waals surface area contributed by atoms with Gasteiger partial charge in [-0.25, -0.2) is 13.8 Å². The molecule has 7 heteroatoms. The quantitative estimate of drug-likeness (QED) is 0.604. The van der Waals surface area contributed by atoms with Crippen molar-refractivity contribution in [1.82, 2.24) is 14.9 Å². The molecular formula is C9H13F4N3. The van der Waals surface area contributed by atoms with Crippen LogP contribution in [0.4, 0.5) is 17.6 Å². The average Bonchev–Trinajstić information content (AvgIpc) is 2.59. The largest absolute Gasteiger partial charge is 0.334 e. The first-order valence-electron chi connectivity index (χ1n) is 4.78. The van der Waals surface area contributed by atoms with Gasteiger partial charge in [0.15, 0.2) is 0 Å². The Hall–Kier alpha value is -1.11. The molecule has 0 saturated carbocycles. The Labute approximate surface area is 90.5 Å². The van der Waals surface area contributed by atoms with Crippen molar-refractivity contribution in [3.63, 3.8) is 0 Å². The summed E-state index contributed by atoms with van der Waals surface area (Å²) < 4.78 is 50.2. The number of aryl methyl sites for hydroxylation is 1. The molecule has 92 valence electrons. The van der Waals surface area contributed by atoms with Crippen LogP contribution in [0.1, 0.15) is 5.82 Å². The third-order valence-corrected chi connectivity index (χ3v) is 2.13. The highest BCUT2D eigenvalue weighted by atomic mass is 19.3. The normalized spacial score (nSPS) is 12.4. The molecule has 0 aromatic carbocycles. The van der Waals surface area contributed by atoms with Crippen LogP contribution in [0.5, 0.6) is 0 Å². The average molecular weight is 239 g/mol. The van der Waals surface area contributed by atoms with Gasteiger partial charge in [0.25, 0.3) is 0 Å². The van der Waals surface area contributed by atoms with Crippen molar-refractivity contribution in [2.24, 2.45) is 0 Å². The summed E-state index contributed by atoms with van der Waals surface area (Å²) in [7, 11) is 0. The molecule has 0 atom stereocenters. The van der Waals surface area contributed by atoms with Crippen LogP contribution in [0.3, 0.4) is 0 Å². The molecule has 0 unspecified atom stereocenters. The summed E-state index contributed by atoms with van der Waals surface area (Å²) in [5, 5.41) is 2.29. The molecule has 0 fully saturated rings. The standard InChI is InChI=1S/C9H13F4N3/c1-7-15-3-5-16(7)4-2-14-6-9(12,13)8(10)11/h3,5,8,14H,2,4,6H2,1H3. The lowest BCUT2D eigenvalue weighted by Crippen LogP contribution is -2.39. The van der Waals surface area contributed by atoms with Crippen molar-refractivity contribution in [2.75, 3.05) is 13.1 Å². The second-order valence-electron chi connectivity index (χ2n) is 3.41. The topological polar surface area (TPSA) is 29.9 Å². The molecule has 0 aliphatic heterocycles. The van der Waals surface area contributed by atoms with E-state index in [2.05, 4.69) is 10.3 Å². The van der Waals surface area contributed by atoms with Gasteiger partial charge < -0.3 is 9.88 Å². The van der Waals surface area contributed by atoms with E-state index in [1.54, 1.807) is 23.9 Å². The third-order valence-electron chi connectivity index (χ3n) is 2.13. The van der Waals surface area contributed by atoms with Gasteiger partial charge in [-0.2, -0.15) is 8.78 Å². The summed E-state index contributed by atoms with van der Waals surface area (Å²) in [6.07, 6.45) is -0.347. The highest BCUT2D eigenvalue weighted by Crippen LogP contribution is 2.21. The molecule has 3 nitrogen and oxygen atoms in total. The van der Waals surface area contributed by atoms with E-state index in [9.17, 15) is 17.6 Å². The number of aromatic nitrogens is 2. The number of halogens is 4. The van der Waals surface area contributed by atoms with Gasteiger partial charge in [0.05, 0.1) is 6.54 Å². The van der Waals surface area contributed by atoms with Crippen LogP contribution >= 0.6 is 0 Å². The molecule has 0 amide bonds. The van der Waals surface area contributed by atoms with Crippen LogP contribution in [0.15, 0.2) is 12.4 Å². The second kappa shape index (κ2) is 5.29. The van der Waals surface area contributed by atoms with Gasteiger partial charge in [-0.05, 0) is 6.92 Å². The minimum absolute atomic E-state index is 0.194. The summed E-state index contributed by atoms with van der Waals surface area (Å²) in [6.45, 7) is 1.37. The summed E-state index contributed by atoms with van der Waals surface area (Å²) in [6, 6.07) is 0. The van der Waals surface area contributed by atoms with E-state index in [0.717, 1.165) is 5.82 Å². The van der Waals surface area contributed by atoms with Gasteiger partial charge in [-0.3, -0.25) is 0 Å². The summed E-state index contributed by atoms with van der Waals surface area (Å²) in [4.78, 5) is 3.94. The summed E-state index contributed by atoms with van der Waals surface area (Å²) in [5.74, 6) is -3.22. The van der Waals surface area contributed by atoms with E-state index < -0.39 is 18.9 Å². The molecule has 0 aliphatic carbocycles. The molecule has 0 aliphatic rings. The van der Waals surface area contributed by atoms with Crippen LogP contribution in [-0.4, -0.2) is 35.0 Å². The van der Waals surface area contributed by atoms with Gasteiger partial charge in [0, 0.05) is 25.5 Å². The van der Waals surface area contributed by atoms with Crippen molar-refractivity contribution < 1.29 is 17.6 Å². The van der Waals surface area contributed by atoms with E-state index in [1.165, 1.54) is 0 Å². The van der Waals surface area contributed by atoms with Gasteiger partial charge in [0.2, 0.25) is 0 Å². The Morgan fingerprint density at radius 3 is 2.69 bits per heavy atom. The van der Waals surface area contributed by atoms with Crippen LogP contribution < -0.4 is 5.32 Å². The number of nitrogens with one attached hydrogen (secondary N) is 1. The predicted octanol–water partition coefficient (Wildman–Crippen LogP) is 1.68. The molecule has 1 aromatic rings. The number of hydrogen-bond donors (Lipinski definition) is 1. The van der Waals surface area contributed by atoms with Crippen molar-refractivity contribution in [3.05, 3.63) is 18.2 Å². The smallest absolute Gasteiger partial charge is 0.319 e. The number of nitrogens with zero attached hydrogens (tertiary/aromatic N) is 2. The first-order valence-corrected chi connectivity index (χ1v) is 4.78.